The van der Waals surface area contributed by atoms with Gasteiger partial charge in [0, 0.05) is 6.07 Å². The monoisotopic (exact) mass is 336 g/mol. The van der Waals surface area contributed by atoms with Crippen molar-refractivity contribution in [3.63, 3.8) is 0 Å². The third kappa shape index (κ3) is 3.08. The van der Waals surface area contributed by atoms with Crippen molar-refractivity contribution in [1.29, 1.82) is 5.26 Å². The number of hydrogen-bond donors (Lipinski definition) is 0. The number of nitro groups is 1. The van der Waals surface area contributed by atoms with E-state index >= 15 is 0 Å². The lowest BCUT2D eigenvalue weighted by Crippen LogP contribution is -2.16. The number of hydrogen-bond acceptors (Lipinski definition) is 4. The number of nitriles is 1. The molecule has 0 aliphatic rings. The van der Waals surface area contributed by atoms with Crippen molar-refractivity contribution in [2.75, 3.05) is 5.33 Å². The average Bonchev–Trinajstić information content (AvgIpc) is 2.34. The number of nitro benzene ring substituents is 1. The van der Waals surface area contributed by atoms with Gasteiger partial charge in [-0.05, 0) is 6.07 Å². The summed E-state index contributed by atoms with van der Waals surface area (Å²) < 4.78 is 38.4. The first-order valence-electron chi connectivity index (χ1n) is 4.61. The molecule has 0 spiro atoms. The Labute approximate surface area is 112 Å². The van der Waals surface area contributed by atoms with Crippen molar-refractivity contribution in [2.45, 2.75) is 6.18 Å². The molecule has 1 rings (SSSR count). The maximum absolute atomic E-state index is 12.8. The Bertz CT molecular complexity index is 593. The highest BCUT2D eigenvalue weighted by Gasteiger charge is 2.39. The Hall–Kier alpha value is -1.95. The van der Waals surface area contributed by atoms with Gasteiger partial charge in [-0.2, -0.15) is 18.4 Å². The first-order chi connectivity index (χ1) is 8.72. The molecule has 0 radical (unpaired) electrons. The lowest BCUT2D eigenvalue weighted by Gasteiger charge is -2.12. The molecule has 1 aromatic rings. The third-order valence-electron chi connectivity index (χ3n) is 2.15. The number of carbonyl (C=O) groups excluding carboxylic acids is 1. The van der Waals surface area contributed by atoms with Gasteiger partial charge in [0.1, 0.15) is 5.56 Å². The molecule has 0 aliphatic carbocycles. The highest BCUT2D eigenvalue weighted by Crippen LogP contribution is 2.37. The highest BCUT2D eigenvalue weighted by atomic mass is 79.9. The van der Waals surface area contributed by atoms with Crippen molar-refractivity contribution >= 4 is 27.4 Å². The van der Waals surface area contributed by atoms with Crippen LogP contribution >= 0.6 is 15.9 Å². The number of alkyl halides is 4. The topological polar surface area (TPSA) is 84.0 Å². The largest absolute Gasteiger partial charge is 0.417 e. The van der Waals surface area contributed by atoms with Gasteiger partial charge in [0.25, 0.3) is 5.69 Å². The lowest BCUT2D eigenvalue weighted by atomic mass is 9.98. The number of carbonyl (C=O) groups is 1. The number of benzene rings is 1. The van der Waals surface area contributed by atoms with Crippen LogP contribution in [0.4, 0.5) is 18.9 Å². The first-order valence-corrected chi connectivity index (χ1v) is 5.73. The van der Waals surface area contributed by atoms with Crippen LogP contribution in [0.1, 0.15) is 21.5 Å². The van der Waals surface area contributed by atoms with Gasteiger partial charge in [0.05, 0.1) is 27.4 Å². The van der Waals surface area contributed by atoms with Crippen molar-refractivity contribution in [3.8, 4) is 6.07 Å². The second-order valence-corrected chi connectivity index (χ2v) is 3.90. The van der Waals surface area contributed by atoms with Gasteiger partial charge in [0.15, 0.2) is 5.78 Å². The number of rotatable bonds is 3. The molecule has 0 atom stereocenters. The summed E-state index contributed by atoms with van der Waals surface area (Å²) in [6.45, 7) is 0. The zero-order valence-electron chi connectivity index (χ0n) is 8.99. The molecule has 0 N–H and O–H groups in total. The van der Waals surface area contributed by atoms with Crippen molar-refractivity contribution < 1.29 is 22.9 Å². The number of nitrogens with zero attached hydrogens (tertiary/aromatic N) is 2. The second-order valence-electron chi connectivity index (χ2n) is 3.34. The van der Waals surface area contributed by atoms with Gasteiger partial charge >= 0.3 is 6.18 Å². The van der Waals surface area contributed by atoms with E-state index in [1.165, 1.54) is 6.07 Å². The molecule has 19 heavy (non-hydrogen) atoms. The summed E-state index contributed by atoms with van der Waals surface area (Å²) in [7, 11) is 0. The van der Waals surface area contributed by atoms with Crippen molar-refractivity contribution in [2.24, 2.45) is 0 Å². The summed E-state index contributed by atoms with van der Waals surface area (Å²) in [6.07, 6.45) is -4.97. The van der Waals surface area contributed by atoms with Crippen LogP contribution in [0.5, 0.6) is 0 Å². The zero-order chi connectivity index (χ0) is 14.8. The van der Waals surface area contributed by atoms with Crippen LogP contribution < -0.4 is 0 Å². The van der Waals surface area contributed by atoms with Crippen molar-refractivity contribution in [1.82, 2.24) is 0 Å². The molecular weight excluding hydrogens is 333 g/mol. The van der Waals surface area contributed by atoms with Gasteiger partial charge < -0.3 is 0 Å². The quantitative estimate of drug-likeness (QED) is 0.367. The van der Waals surface area contributed by atoms with Gasteiger partial charge in [0.2, 0.25) is 0 Å². The molecule has 1 aromatic carbocycles. The molecular formula is C10H4BrF3N2O3. The summed E-state index contributed by atoms with van der Waals surface area (Å²) in [5.74, 6) is -1.08. The van der Waals surface area contributed by atoms with E-state index in [1.54, 1.807) is 0 Å². The van der Waals surface area contributed by atoms with Crippen LogP contribution in [-0.2, 0) is 6.18 Å². The molecule has 0 fully saturated rings. The van der Waals surface area contributed by atoms with E-state index in [1.807, 2.05) is 0 Å². The van der Waals surface area contributed by atoms with Gasteiger partial charge in [-0.1, -0.05) is 15.9 Å². The summed E-state index contributed by atoms with van der Waals surface area (Å²) in [4.78, 5) is 21.1. The van der Waals surface area contributed by atoms with E-state index < -0.39 is 44.6 Å². The van der Waals surface area contributed by atoms with E-state index in [9.17, 15) is 28.1 Å². The Morgan fingerprint density at radius 1 is 1.47 bits per heavy atom. The predicted octanol–water partition coefficient (Wildman–Crippen LogP) is 3.06. The normalized spacial score (nSPS) is 10.9. The Kier molecular flexibility index (Phi) is 4.26. The zero-order valence-corrected chi connectivity index (χ0v) is 10.6. The Morgan fingerprint density at radius 3 is 2.42 bits per heavy atom. The fourth-order valence-corrected chi connectivity index (χ4v) is 1.70. The summed E-state index contributed by atoms with van der Waals surface area (Å²) in [5, 5.41) is 18.8. The van der Waals surface area contributed by atoms with E-state index in [2.05, 4.69) is 15.9 Å². The maximum Gasteiger partial charge on any atom is 0.417 e. The standard InChI is InChI=1S/C10H4BrF3N2O3/c11-3-8(17)9-6(10(12,13)14)1-5(4-15)2-7(9)16(18)19/h1-2H,3H2. The van der Waals surface area contributed by atoms with Crippen LogP contribution in [0, 0.1) is 21.4 Å². The average molecular weight is 337 g/mol. The van der Waals surface area contributed by atoms with E-state index in [4.69, 9.17) is 5.26 Å². The molecule has 100 valence electrons. The smallest absolute Gasteiger partial charge is 0.293 e. The molecule has 0 saturated heterocycles. The molecule has 5 nitrogen and oxygen atoms in total. The van der Waals surface area contributed by atoms with Crippen molar-refractivity contribution in [3.05, 3.63) is 38.9 Å². The minimum atomic E-state index is -4.97. The molecule has 0 bridgehead atoms. The van der Waals surface area contributed by atoms with Crippen LogP contribution in [0.25, 0.3) is 0 Å². The van der Waals surface area contributed by atoms with Gasteiger partial charge in [-0.15, -0.1) is 0 Å². The number of Topliss-reactive ketones (excluding diaryl/α,β-unsaturated/α-hetero) is 1. The highest BCUT2D eigenvalue weighted by molar-refractivity contribution is 9.09. The predicted molar refractivity (Wildman–Crippen MR) is 60.9 cm³/mol. The van der Waals surface area contributed by atoms with Gasteiger partial charge in [-0.3, -0.25) is 14.9 Å². The van der Waals surface area contributed by atoms with Crippen LogP contribution in [0.3, 0.4) is 0 Å². The van der Waals surface area contributed by atoms with Crippen LogP contribution in [-0.4, -0.2) is 16.0 Å². The molecule has 0 amide bonds. The number of ketones is 1. The fraction of sp³-hybridized carbons (Fsp3) is 0.200. The second kappa shape index (κ2) is 5.36. The first kappa shape index (κ1) is 15.1. The Morgan fingerprint density at radius 2 is 2.05 bits per heavy atom. The summed E-state index contributed by atoms with van der Waals surface area (Å²) in [6, 6.07) is 2.45. The number of halogens is 4. The Balaban J connectivity index is 3.78. The van der Waals surface area contributed by atoms with E-state index in [0.29, 0.717) is 12.1 Å². The third-order valence-corrected chi connectivity index (χ3v) is 2.66. The minimum Gasteiger partial charge on any atom is -0.293 e. The lowest BCUT2D eigenvalue weighted by molar-refractivity contribution is -0.385. The summed E-state index contributed by atoms with van der Waals surface area (Å²) >= 11 is 2.67. The molecule has 0 heterocycles. The molecule has 9 heteroatoms. The summed E-state index contributed by atoms with van der Waals surface area (Å²) in [5.41, 5.74) is -4.10. The van der Waals surface area contributed by atoms with Gasteiger partial charge in [-0.25, -0.2) is 0 Å². The van der Waals surface area contributed by atoms with E-state index in [-0.39, 0.29) is 0 Å². The molecule has 0 unspecified atom stereocenters. The van der Waals surface area contributed by atoms with Crippen LogP contribution in [0.15, 0.2) is 12.1 Å². The van der Waals surface area contributed by atoms with Crippen LogP contribution in [0.2, 0.25) is 0 Å². The minimum absolute atomic E-state index is 0.420. The fourth-order valence-electron chi connectivity index (χ4n) is 1.42. The van der Waals surface area contributed by atoms with E-state index in [0.717, 1.165) is 0 Å². The molecule has 0 aliphatic heterocycles. The molecule has 0 aromatic heterocycles. The maximum atomic E-state index is 12.8. The molecule has 0 saturated carbocycles. The SMILES string of the molecule is N#Cc1cc([N+](=O)[O-])c(C(=O)CBr)c(C(F)(F)F)c1.